The molecule has 1 aliphatic heterocycles. The van der Waals surface area contributed by atoms with Crippen LogP contribution in [0.25, 0.3) is 0 Å². The zero-order valence-electron chi connectivity index (χ0n) is 11.0. The van der Waals surface area contributed by atoms with Gasteiger partial charge < -0.3 is 4.74 Å². The van der Waals surface area contributed by atoms with E-state index in [2.05, 4.69) is 16.9 Å². The molecule has 0 fully saturated rings. The van der Waals surface area contributed by atoms with Crippen LogP contribution in [-0.2, 0) is 14.4 Å². The molecule has 104 valence electrons. The summed E-state index contributed by atoms with van der Waals surface area (Å²) in [6, 6.07) is -0.460. The topological polar surface area (TPSA) is 63.7 Å². The van der Waals surface area contributed by atoms with Crippen molar-refractivity contribution in [2.75, 3.05) is 27.3 Å². The van der Waals surface area contributed by atoms with Crippen molar-refractivity contribution >= 4 is 17.3 Å². The summed E-state index contributed by atoms with van der Waals surface area (Å²) in [5, 5.41) is 4.90. The van der Waals surface area contributed by atoms with Gasteiger partial charge in [-0.1, -0.05) is 6.08 Å². The van der Waals surface area contributed by atoms with E-state index in [9.17, 15) is 4.79 Å². The van der Waals surface area contributed by atoms with Crippen molar-refractivity contribution in [3.8, 4) is 0 Å². The van der Waals surface area contributed by atoms with Crippen LogP contribution in [0.15, 0.2) is 18.2 Å². The highest BCUT2D eigenvalue weighted by atomic mass is 32.1. The quantitative estimate of drug-likeness (QED) is 0.495. The third kappa shape index (κ3) is 2.84. The minimum atomic E-state index is -0.490. The summed E-state index contributed by atoms with van der Waals surface area (Å²) in [5.41, 5.74) is 2.46. The highest BCUT2D eigenvalue weighted by Crippen LogP contribution is 2.34. The van der Waals surface area contributed by atoms with Gasteiger partial charge in [-0.25, -0.2) is 9.78 Å². The smallest absolute Gasteiger partial charge is 0.329 e. The predicted molar refractivity (Wildman–Crippen MR) is 71.5 cm³/mol. The fourth-order valence-corrected chi connectivity index (χ4v) is 2.98. The number of hydroxylamine groups is 2. The van der Waals surface area contributed by atoms with E-state index in [1.807, 2.05) is 7.05 Å². The number of nitrogens with zero attached hydrogens (tertiary/aromatic N) is 2. The molecule has 1 aromatic heterocycles. The van der Waals surface area contributed by atoms with Crippen LogP contribution in [0, 0.1) is 0 Å². The third-order valence-corrected chi connectivity index (χ3v) is 3.93. The Morgan fingerprint density at radius 2 is 2.58 bits per heavy atom. The van der Waals surface area contributed by atoms with Crippen molar-refractivity contribution in [2.24, 2.45) is 0 Å². The first-order valence-corrected chi connectivity index (χ1v) is 6.78. The lowest BCUT2D eigenvalue weighted by molar-refractivity contribution is -0.161. The van der Waals surface area contributed by atoms with E-state index in [1.54, 1.807) is 16.6 Å². The van der Waals surface area contributed by atoms with E-state index in [0.29, 0.717) is 13.2 Å². The Bertz CT molecular complexity index is 463. The highest BCUT2D eigenvalue weighted by Gasteiger charge is 2.36. The molecule has 0 amide bonds. The number of rotatable bonds is 5. The van der Waals surface area contributed by atoms with Gasteiger partial charge in [0.2, 0.25) is 0 Å². The maximum Gasteiger partial charge on any atom is 0.329 e. The second-order valence-corrected chi connectivity index (χ2v) is 5.00. The average molecular weight is 283 g/mol. The maximum atomic E-state index is 11.7. The summed E-state index contributed by atoms with van der Waals surface area (Å²) in [6.07, 6.45) is 1.69. The SMILES string of the molecule is C=CCON(C)C1CNC(C(=O)OC)c2ncsc21. The molecule has 0 aromatic carbocycles. The lowest BCUT2D eigenvalue weighted by atomic mass is 10.0. The first-order chi connectivity index (χ1) is 9.19. The highest BCUT2D eigenvalue weighted by molar-refractivity contribution is 7.09. The van der Waals surface area contributed by atoms with Crippen molar-refractivity contribution in [2.45, 2.75) is 12.1 Å². The molecule has 0 bridgehead atoms. The van der Waals surface area contributed by atoms with Crippen LogP contribution in [-0.4, -0.2) is 43.3 Å². The molecule has 0 saturated carbocycles. The Morgan fingerprint density at radius 1 is 1.79 bits per heavy atom. The summed E-state index contributed by atoms with van der Waals surface area (Å²) in [7, 11) is 3.24. The number of likely N-dealkylation sites (N-methyl/N-ethyl adjacent to an activating group) is 1. The molecule has 1 aromatic rings. The molecule has 1 aliphatic rings. The van der Waals surface area contributed by atoms with Crippen molar-refractivity contribution in [1.82, 2.24) is 15.4 Å². The van der Waals surface area contributed by atoms with E-state index in [-0.39, 0.29) is 12.0 Å². The van der Waals surface area contributed by atoms with Gasteiger partial charge in [0.15, 0.2) is 0 Å². The zero-order valence-corrected chi connectivity index (χ0v) is 11.8. The molecule has 6 nitrogen and oxygen atoms in total. The van der Waals surface area contributed by atoms with E-state index < -0.39 is 6.04 Å². The number of ether oxygens (including phenoxy) is 1. The Labute approximate surface area is 116 Å². The standard InChI is InChI=1S/C12H17N3O3S/c1-4-5-18-15(2)8-6-13-10(12(16)17-3)9-11(8)19-7-14-9/h4,7-8,10,13H,1,5-6H2,2-3H3. The normalized spacial score (nSPS) is 22.1. The van der Waals surface area contributed by atoms with Gasteiger partial charge in [0.05, 0.1) is 35.8 Å². The summed E-state index contributed by atoms with van der Waals surface area (Å²) in [4.78, 5) is 22.5. The summed E-state index contributed by atoms with van der Waals surface area (Å²) < 4.78 is 4.78. The number of nitrogens with one attached hydrogen (secondary N) is 1. The first-order valence-electron chi connectivity index (χ1n) is 5.90. The van der Waals surface area contributed by atoms with E-state index in [0.717, 1.165) is 10.6 Å². The number of esters is 1. The lowest BCUT2D eigenvalue weighted by Crippen LogP contribution is -2.42. The van der Waals surface area contributed by atoms with E-state index in [1.165, 1.54) is 18.4 Å². The molecule has 0 saturated heterocycles. The number of fused-ring (bicyclic) bond motifs is 1. The number of hydrogen-bond donors (Lipinski definition) is 1. The average Bonchev–Trinajstić information content (AvgIpc) is 2.92. The lowest BCUT2D eigenvalue weighted by Gasteiger charge is -2.32. The van der Waals surface area contributed by atoms with Gasteiger partial charge in [-0.05, 0) is 0 Å². The van der Waals surface area contributed by atoms with Crippen LogP contribution in [0.2, 0.25) is 0 Å². The molecule has 1 N–H and O–H groups in total. The molecular formula is C12H17N3O3S. The summed E-state index contributed by atoms with van der Waals surface area (Å²) >= 11 is 1.52. The molecule has 2 heterocycles. The van der Waals surface area contributed by atoms with Crippen LogP contribution in [0.3, 0.4) is 0 Å². The molecule has 19 heavy (non-hydrogen) atoms. The van der Waals surface area contributed by atoms with Gasteiger partial charge in [0, 0.05) is 13.6 Å². The molecule has 0 radical (unpaired) electrons. The predicted octanol–water partition coefficient (Wildman–Crippen LogP) is 1.05. The summed E-state index contributed by atoms with van der Waals surface area (Å²) in [5.74, 6) is -0.319. The number of methoxy groups -OCH3 is 1. The minimum Gasteiger partial charge on any atom is -0.468 e. The molecule has 0 aliphatic carbocycles. The Morgan fingerprint density at radius 3 is 3.26 bits per heavy atom. The molecule has 2 unspecified atom stereocenters. The van der Waals surface area contributed by atoms with Crippen LogP contribution < -0.4 is 5.32 Å². The minimum absolute atomic E-state index is 0.0309. The van der Waals surface area contributed by atoms with Gasteiger partial charge >= 0.3 is 5.97 Å². The fraction of sp³-hybridized carbons (Fsp3) is 0.500. The van der Waals surface area contributed by atoms with Crippen molar-refractivity contribution in [3.05, 3.63) is 28.7 Å². The maximum absolute atomic E-state index is 11.7. The van der Waals surface area contributed by atoms with Gasteiger partial charge in [-0.2, -0.15) is 5.06 Å². The second-order valence-electron chi connectivity index (χ2n) is 4.11. The molecular weight excluding hydrogens is 266 g/mol. The van der Waals surface area contributed by atoms with E-state index >= 15 is 0 Å². The number of aromatic nitrogens is 1. The van der Waals surface area contributed by atoms with Gasteiger partial charge in [-0.3, -0.25) is 10.2 Å². The van der Waals surface area contributed by atoms with Crippen molar-refractivity contribution < 1.29 is 14.4 Å². The van der Waals surface area contributed by atoms with Crippen molar-refractivity contribution in [3.63, 3.8) is 0 Å². The molecule has 7 heteroatoms. The van der Waals surface area contributed by atoms with Gasteiger partial charge in [-0.15, -0.1) is 17.9 Å². The molecule has 2 rings (SSSR count). The van der Waals surface area contributed by atoms with Crippen LogP contribution in [0.1, 0.15) is 22.7 Å². The Hall–Kier alpha value is -1.28. The largest absolute Gasteiger partial charge is 0.468 e. The third-order valence-electron chi connectivity index (χ3n) is 2.99. The Balaban J connectivity index is 2.18. The number of carbonyl (C=O) groups is 1. The molecule has 2 atom stereocenters. The van der Waals surface area contributed by atoms with Crippen molar-refractivity contribution in [1.29, 1.82) is 0 Å². The van der Waals surface area contributed by atoms with E-state index in [4.69, 9.17) is 9.57 Å². The number of thiazole rings is 1. The zero-order chi connectivity index (χ0) is 13.8. The fourth-order valence-electron chi connectivity index (χ4n) is 2.02. The first kappa shape index (κ1) is 14.1. The number of carbonyl (C=O) groups excluding carboxylic acids is 1. The van der Waals surface area contributed by atoms with Crippen LogP contribution in [0.5, 0.6) is 0 Å². The van der Waals surface area contributed by atoms with Crippen LogP contribution >= 0.6 is 11.3 Å². The Kier molecular flexibility index (Phi) is 4.65. The monoisotopic (exact) mass is 283 g/mol. The van der Waals surface area contributed by atoms with Gasteiger partial charge in [0.1, 0.15) is 6.04 Å². The van der Waals surface area contributed by atoms with Crippen LogP contribution in [0.4, 0.5) is 0 Å². The van der Waals surface area contributed by atoms with Gasteiger partial charge in [0.25, 0.3) is 0 Å². The molecule has 0 spiro atoms. The second kappa shape index (κ2) is 6.25. The number of hydrogen-bond acceptors (Lipinski definition) is 7. The summed E-state index contributed by atoms with van der Waals surface area (Å²) in [6.45, 7) is 4.67.